The quantitative estimate of drug-likeness (QED) is 0.897. The molecule has 0 aliphatic carbocycles. The monoisotopic (exact) mass is 298 g/mol. The van der Waals surface area contributed by atoms with Crippen LogP contribution in [-0.4, -0.2) is 11.4 Å². The molecule has 3 nitrogen and oxygen atoms in total. The zero-order valence-corrected chi connectivity index (χ0v) is 12.1. The van der Waals surface area contributed by atoms with E-state index in [0.29, 0.717) is 6.42 Å². The third kappa shape index (κ3) is 3.82. The van der Waals surface area contributed by atoms with Crippen molar-refractivity contribution in [1.29, 1.82) is 0 Å². The Labute approximate surface area is 111 Å². The number of benzene rings is 1. The molecule has 0 aromatic heterocycles. The summed E-state index contributed by atoms with van der Waals surface area (Å²) >= 11 is 3.43. The Morgan fingerprint density at radius 1 is 1.53 bits per heavy atom. The number of carbonyl (C=O) groups is 1. The highest BCUT2D eigenvalue weighted by Gasteiger charge is 2.27. The number of carbonyl (C=O) groups excluding carboxylic acids is 1. The third-order valence-corrected chi connectivity index (χ3v) is 3.57. The Morgan fingerprint density at radius 3 is 2.71 bits per heavy atom. The summed E-state index contributed by atoms with van der Waals surface area (Å²) in [5, 5.41) is 2.84. The Hall–Kier alpha value is -0.870. The Bertz CT molecular complexity index is 416. The van der Waals surface area contributed by atoms with Crippen LogP contribution in [-0.2, 0) is 4.79 Å². The number of amides is 1. The topological polar surface area (TPSA) is 55.1 Å². The molecule has 94 valence electrons. The van der Waals surface area contributed by atoms with Crippen LogP contribution in [0.15, 0.2) is 22.7 Å². The minimum absolute atomic E-state index is 0.143. The summed E-state index contributed by atoms with van der Waals surface area (Å²) in [5.41, 5.74) is 7.05. The molecule has 0 fully saturated rings. The van der Waals surface area contributed by atoms with Gasteiger partial charge in [-0.2, -0.15) is 0 Å². The van der Waals surface area contributed by atoms with Crippen molar-refractivity contribution in [3.8, 4) is 0 Å². The van der Waals surface area contributed by atoms with Gasteiger partial charge in [-0.05, 0) is 38.0 Å². The van der Waals surface area contributed by atoms with E-state index in [0.717, 1.165) is 22.1 Å². The fraction of sp³-hybridized carbons (Fsp3) is 0.462. The Kier molecular flexibility index (Phi) is 4.71. The summed E-state index contributed by atoms with van der Waals surface area (Å²) in [5.74, 6) is -0.143. The molecule has 0 aliphatic rings. The second-order valence-corrected chi connectivity index (χ2v) is 5.44. The van der Waals surface area contributed by atoms with Crippen LogP contribution in [0.2, 0.25) is 0 Å². The van der Waals surface area contributed by atoms with E-state index in [1.54, 1.807) is 6.92 Å². The predicted molar refractivity (Wildman–Crippen MR) is 75.0 cm³/mol. The van der Waals surface area contributed by atoms with Gasteiger partial charge in [0.25, 0.3) is 0 Å². The molecule has 0 saturated heterocycles. The average molecular weight is 299 g/mol. The number of nitrogens with one attached hydrogen (secondary N) is 1. The summed E-state index contributed by atoms with van der Waals surface area (Å²) < 4.78 is 0.976. The lowest BCUT2D eigenvalue weighted by atomic mass is 9.96. The van der Waals surface area contributed by atoms with Gasteiger partial charge in [0.1, 0.15) is 0 Å². The molecule has 0 radical (unpaired) electrons. The van der Waals surface area contributed by atoms with E-state index in [4.69, 9.17) is 5.73 Å². The van der Waals surface area contributed by atoms with Crippen molar-refractivity contribution in [1.82, 2.24) is 0 Å². The first kappa shape index (κ1) is 14.2. The Morgan fingerprint density at radius 2 is 2.18 bits per heavy atom. The van der Waals surface area contributed by atoms with Crippen molar-refractivity contribution in [2.75, 3.05) is 5.32 Å². The first-order valence-electron chi connectivity index (χ1n) is 5.73. The van der Waals surface area contributed by atoms with Crippen LogP contribution < -0.4 is 11.1 Å². The van der Waals surface area contributed by atoms with Crippen LogP contribution in [0.3, 0.4) is 0 Å². The molecule has 17 heavy (non-hydrogen) atoms. The summed E-state index contributed by atoms with van der Waals surface area (Å²) in [6, 6.07) is 5.71. The smallest absolute Gasteiger partial charge is 0.244 e. The predicted octanol–water partition coefficient (Wildman–Crippen LogP) is 3.21. The minimum atomic E-state index is -0.813. The Balaban J connectivity index is 2.77. The lowest BCUT2D eigenvalue weighted by Gasteiger charge is -2.23. The standard InChI is InChI=1S/C13H19BrN2O/c1-4-7-13(3,15)12(17)16-10-6-5-9(2)11(14)8-10/h5-6,8H,4,7,15H2,1-3H3,(H,16,17). The van der Waals surface area contributed by atoms with Crippen molar-refractivity contribution < 1.29 is 4.79 Å². The molecule has 4 heteroatoms. The van der Waals surface area contributed by atoms with Crippen LogP contribution in [0.1, 0.15) is 32.3 Å². The number of rotatable bonds is 4. The van der Waals surface area contributed by atoms with Crippen molar-refractivity contribution in [3.63, 3.8) is 0 Å². The zero-order valence-electron chi connectivity index (χ0n) is 10.5. The highest BCUT2D eigenvalue weighted by Crippen LogP contribution is 2.21. The van der Waals surface area contributed by atoms with Crippen LogP contribution in [0.5, 0.6) is 0 Å². The summed E-state index contributed by atoms with van der Waals surface area (Å²) in [4.78, 5) is 12.0. The van der Waals surface area contributed by atoms with Crippen LogP contribution in [0.25, 0.3) is 0 Å². The number of aryl methyl sites for hydroxylation is 1. The van der Waals surface area contributed by atoms with Crippen molar-refractivity contribution in [2.45, 2.75) is 39.2 Å². The molecule has 0 heterocycles. The molecule has 0 aliphatic heterocycles. The number of nitrogens with two attached hydrogens (primary N) is 1. The number of hydrogen-bond acceptors (Lipinski definition) is 2. The second-order valence-electron chi connectivity index (χ2n) is 4.59. The van der Waals surface area contributed by atoms with Gasteiger partial charge in [-0.25, -0.2) is 0 Å². The molecule has 1 unspecified atom stereocenters. The highest BCUT2D eigenvalue weighted by atomic mass is 79.9. The SMILES string of the molecule is CCCC(C)(N)C(=O)Nc1ccc(C)c(Br)c1. The lowest BCUT2D eigenvalue weighted by Crippen LogP contribution is -2.48. The maximum Gasteiger partial charge on any atom is 0.244 e. The maximum absolute atomic E-state index is 12.0. The molecule has 1 atom stereocenters. The van der Waals surface area contributed by atoms with Gasteiger partial charge in [-0.1, -0.05) is 35.3 Å². The minimum Gasteiger partial charge on any atom is -0.324 e. The normalized spacial score (nSPS) is 14.2. The van der Waals surface area contributed by atoms with Gasteiger partial charge in [0.05, 0.1) is 5.54 Å². The average Bonchev–Trinajstić information content (AvgIpc) is 2.23. The second kappa shape index (κ2) is 5.65. The van der Waals surface area contributed by atoms with E-state index in [1.807, 2.05) is 32.0 Å². The largest absolute Gasteiger partial charge is 0.324 e. The fourth-order valence-electron chi connectivity index (χ4n) is 1.58. The molecule has 0 spiro atoms. The number of halogens is 1. The summed E-state index contributed by atoms with van der Waals surface area (Å²) in [7, 11) is 0. The van der Waals surface area contributed by atoms with E-state index in [1.165, 1.54) is 0 Å². The van der Waals surface area contributed by atoms with Gasteiger partial charge < -0.3 is 11.1 Å². The van der Waals surface area contributed by atoms with Crippen LogP contribution >= 0.6 is 15.9 Å². The molecule has 3 N–H and O–H groups in total. The van der Waals surface area contributed by atoms with Crippen LogP contribution in [0.4, 0.5) is 5.69 Å². The van der Waals surface area contributed by atoms with Gasteiger partial charge in [-0.3, -0.25) is 4.79 Å². The fourth-order valence-corrected chi connectivity index (χ4v) is 1.96. The third-order valence-electron chi connectivity index (χ3n) is 2.72. The van der Waals surface area contributed by atoms with Gasteiger partial charge in [0.15, 0.2) is 0 Å². The van der Waals surface area contributed by atoms with Gasteiger partial charge >= 0.3 is 0 Å². The number of hydrogen-bond donors (Lipinski definition) is 2. The summed E-state index contributed by atoms with van der Waals surface area (Å²) in [6.07, 6.45) is 1.56. The maximum atomic E-state index is 12.0. The van der Waals surface area contributed by atoms with Gasteiger partial charge in [-0.15, -0.1) is 0 Å². The molecular weight excluding hydrogens is 280 g/mol. The molecule has 0 bridgehead atoms. The molecule has 1 aromatic rings. The van der Waals surface area contributed by atoms with Crippen molar-refractivity contribution >= 4 is 27.5 Å². The van der Waals surface area contributed by atoms with Crippen molar-refractivity contribution in [3.05, 3.63) is 28.2 Å². The van der Waals surface area contributed by atoms with E-state index < -0.39 is 5.54 Å². The van der Waals surface area contributed by atoms with E-state index in [2.05, 4.69) is 21.2 Å². The first-order chi connectivity index (χ1) is 7.86. The molecule has 0 saturated carbocycles. The van der Waals surface area contributed by atoms with Gasteiger partial charge in [0.2, 0.25) is 5.91 Å². The molecule has 1 aromatic carbocycles. The lowest BCUT2D eigenvalue weighted by molar-refractivity contribution is -0.120. The molecular formula is C13H19BrN2O. The van der Waals surface area contributed by atoms with E-state index in [9.17, 15) is 4.79 Å². The van der Waals surface area contributed by atoms with Gasteiger partial charge in [0, 0.05) is 10.2 Å². The van der Waals surface area contributed by atoms with E-state index in [-0.39, 0.29) is 5.91 Å². The number of anilines is 1. The zero-order chi connectivity index (χ0) is 13.1. The first-order valence-corrected chi connectivity index (χ1v) is 6.52. The van der Waals surface area contributed by atoms with E-state index >= 15 is 0 Å². The van der Waals surface area contributed by atoms with Crippen molar-refractivity contribution in [2.24, 2.45) is 5.73 Å². The summed E-state index contributed by atoms with van der Waals surface area (Å²) in [6.45, 7) is 5.77. The van der Waals surface area contributed by atoms with Crippen LogP contribution in [0, 0.1) is 6.92 Å². The molecule has 1 amide bonds. The highest BCUT2D eigenvalue weighted by molar-refractivity contribution is 9.10. The molecule has 1 rings (SSSR count).